The molecule has 1 N–H and O–H groups in total. The van der Waals surface area contributed by atoms with Gasteiger partial charge < -0.3 is 10.1 Å². The summed E-state index contributed by atoms with van der Waals surface area (Å²) in [4.78, 5) is 46.3. The predicted octanol–water partition coefficient (Wildman–Crippen LogP) is 3.48. The van der Waals surface area contributed by atoms with Crippen molar-refractivity contribution in [2.45, 2.75) is 25.7 Å². The standard InChI is InChI=1S/C17H15N3O7S/c1-27-17(22)14-11-4-2-3-5-13(11)28-16(14)18-15(21)10-7-6-9(19(23)24)8-12(10)20(25)26/h6-8H,2-5H2,1H3,(H,18,21). The summed E-state index contributed by atoms with van der Waals surface area (Å²) >= 11 is 1.24. The van der Waals surface area contributed by atoms with Crippen molar-refractivity contribution < 1.29 is 24.2 Å². The number of thiophene rings is 1. The number of rotatable bonds is 5. The van der Waals surface area contributed by atoms with Crippen LogP contribution in [0.5, 0.6) is 0 Å². The monoisotopic (exact) mass is 405 g/mol. The van der Waals surface area contributed by atoms with Gasteiger partial charge >= 0.3 is 5.97 Å². The number of nitrogens with zero attached hydrogens (tertiary/aromatic N) is 2. The van der Waals surface area contributed by atoms with Crippen molar-refractivity contribution >= 4 is 39.6 Å². The van der Waals surface area contributed by atoms with Crippen LogP contribution in [0.1, 0.15) is 44.0 Å². The summed E-state index contributed by atoms with van der Waals surface area (Å²) in [6, 6.07) is 2.77. The van der Waals surface area contributed by atoms with Crippen LogP contribution in [0.15, 0.2) is 18.2 Å². The number of non-ortho nitro benzene ring substituents is 1. The molecule has 0 unspecified atom stereocenters. The molecule has 0 bridgehead atoms. The SMILES string of the molecule is COC(=O)c1c(NC(=O)c2ccc([N+](=O)[O-])cc2[N+](=O)[O-])sc2c1CCCC2. The maximum absolute atomic E-state index is 12.7. The number of amides is 1. The Morgan fingerprint density at radius 2 is 1.86 bits per heavy atom. The van der Waals surface area contributed by atoms with Gasteiger partial charge in [0.05, 0.1) is 28.6 Å². The van der Waals surface area contributed by atoms with Crippen LogP contribution in [-0.2, 0) is 17.6 Å². The summed E-state index contributed by atoms with van der Waals surface area (Å²) in [7, 11) is 1.24. The Hall–Kier alpha value is -3.34. The number of aryl methyl sites for hydroxylation is 1. The molecule has 1 amide bonds. The fraction of sp³-hybridized carbons (Fsp3) is 0.294. The molecule has 0 radical (unpaired) electrons. The molecule has 1 heterocycles. The molecule has 10 nitrogen and oxygen atoms in total. The highest BCUT2D eigenvalue weighted by molar-refractivity contribution is 7.17. The second-order valence-corrected chi connectivity index (χ2v) is 7.18. The van der Waals surface area contributed by atoms with E-state index in [0.717, 1.165) is 47.9 Å². The van der Waals surface area contributed by atoms with Gasteiger partial charge in [0.25, 0.3) is 17.3 Å². The smallest absolute Gasteiger partial charge is 0.341 e. The number of nitro benzene ring substituents is 2. The summed E-state index contributed by atoms with van der Waals surface area (Å²) in [6.07, 6.45) is 3.34. The van der Waals surface area contributed by atoms with Gasteiger partial charge in [-0.25, -0.2) is 4.79 Å². The van der Waals surface area contributed by atoms with Gasteiger partial charge in [-0.2, -0.15) is 0 Å². The zero-order chi connectivity index (χ0) is 20.4. The van der Waals surface area contributed by atoms with Crippen molar-refractivity contribution in [3.63, 3.8) is 0 Å². The molecule has 0 saturated carbocycles. The average molecular weight is 405 g/mol. The second kappa shape index (κ2) is 7.72. The highest BCUT2D eigenvalue weighted by atomic mass is 32.1. The number of ether oxygens (including phenoxy) is 1. The van der Waals surface area contributed by atoms with Crippen molar-refractivity contribution in [1.82, 2.24) is 0 Å². The van der Waals surface area contributed by atoms with Gasteiger partial charge in [-0.1, -0.05) is 0 Å². The maximum atomic E-state index is 12.7. The van der Waals surface area contributed by atoms with E-state index in [4.69, 9.17) is 4.74 Å². The van der Waals surface area contributed by atoms with E-state index in [-0.39, 0.29) is 16.1 Å². The lowest BCUT2D eigenvalue weighted by atomic mass is 9.95. The van der Waals surface area contributed by atoms with Crippen LogP contribution >= 0.6 is 11.3 Å². The maximum Gasteiger partial charge on any atom is 0.341 e. The van der Waals surface area contributed by atoms with Crippen LogP contribution in [0.4, 0.5) is 16.4 Å². The van der Waals surface area contributed by atoms with Gasteiger partial charge in [-0.3, -0.25) is 25.0 Å². The minimum atomic E-state index is -0.859. The lowest BCUT2D eigenvalue weighted by Gasteiger charge is -2.11. The van der Waals surface area contributed by atoms with Gasteiger partial charge in [-0.05, 0) is 37.3 Å². The third-order valence-electron chi connectivity index (χ3n) is 4.42. The minimum absolute atomic E-state index is 0.261. The number of hydrogen-bond donors (Lipinski definition) is 1. The quantitative estimate of drug-likeness (QED) is 0.456. The van der Waals surface area contributed by atoms with Crippen LogP contribution in [0.3, 0.4) is 0 Å². The Bertz CT molecular complexity index is 999. The minimum Gasteiger partial charge on any atom is -0.465 e. The fourth-order valence-electron chi connectivity index (χ4n) is 3.12. The zero-order valence-electron chi connectivity index (χ0n) is 14.7. The van der Waals surface area contributed by atoms with Gasteiger partial charge in [0.1, 0.15) is 10.6 Å². The number of anilines is 1. The predicted molar refractivity (Wildman–Crippen MR) is 100 cm³/mol. The molecule has 28 heavy (non-hydrogen) atoms. The fourth-order valence-corrected chi connectivity index (χ4v) is 4.39. The largest absolute Gasteiger partial charge is 0.465 e. The first-order valence-corrected chi connectivity index (χ1v) is 9.12. The first kappa shape index (κ1) is 19.4. The number of carbonyl (C=O) groups excluding carboxylic acids is 2. The Balaban J connectivity index is 2.00. The number of hydrogen-bond acceptors (Lipinski definition) is 8. The number of benzene rings is 1. The summed E-state index contributed by atoms with van der Waals surface area (Å²) in [5.41, 5.74) is -0.424. The van der Waals surface area contributed by atoms with Crippen molar-refractivity contribution in [1.29, 1.82) is 0 Å². The molecular formula is C17H15N3O7S. The van der Waals surface area contributed by atoms with E-state index < -0.39 is 33.1 Å². The van der Waals surface area contributed by atoms with E-state index in [9.17, 15) is 29.8 Å². The van der Waals surface area contributed by atoms with Crippen LogP contribution in [0.25, 0.3) is 0 Å². The van der Waals surface area contributed by atoms with Crippen molar-refractivity contribution in [2.24, 2.45) is 0 Å². The van der Waals surface area contributed by atoms with E-state index in [2.05, 4.69) is 5.32 Å². The molecule has 0 atom stereocenters. The third-order valence-corrected chi connectivity index (χ3v) is 5.63. The molecular weight excluding hydrogens is 390 g/mol. The normalized spacial score (nSPS) is 12.8. The van der Waals surface area contributed by atoms with E-state index in [1.54, 1.807) is 0 Å². The summed E-state index contributed by atoms with van der Waals surface area (Å²) < 4.78 is 4.83. The molecule has 3 rings (SSSR count). The molecule has 1 aromatic carbocycles. The summed E-state index contributed by atoms with van der Waals surface area (Å²) in [5.74, 6) is -1.42. The van der Waals surface area contributed by atoms with Gasteiger partial charge in [0.15, 0.2) is 0 Å². The zero-order valence-corrected chi connectivity index (χ0v) is 15.5. The van der Waals surface area contributed by atoms with Gasteiger partial charge in [0.2, 0.25) is 0 Å². The Morgan fingerprint density at radius 3 is 2.50 bits per heavy atom. The second-order valence-electron chi connectivity index (χ2n) is 6.08. The van der Waals surface area contributed by atoms with Gasteiger partial charge in [0, 0.05) is 10.9 Å². The van der Waals surface area contributed by atoms with Crippen molar-refractivity contribution in [3.05, 3.63) is 60.0 Å². The number of nitrogens with one attached hydrogen (secondary N) is 1. The number of carbonyl (C=O) groups is 2. The molecule has 0 saturated heterocycles. The molecule has 0 spiro atoms. The summed E-state index contributed by atoms with van der Waals surface area (Å²) in [6.45, 7) is 0. The number of fused-ring (bicyclic) bond motifs is 1. The number of nitro groups is 2. The topological polar surface area (TPSA) is 142 Å². The highest BCUT2D eigenvalue weighted by Gasteiger charge is 2.29. The molecule has 0 fully saturated rings. The van der Waals surface area contributed by atoms with Crippen LogP contribution < -0.4 is 5.32 Å². The first-order valence-electron chi connectivity index (χ1n) is 8.30. The van der Waals surface area contributed by atoms with Crippen molar-refractivity contribution in [3.8, 4) is 0 Å². The van der Waals surface area contributed by atoms with Gasteiger partial charge in [-0.15, -0.1) is 11.3 Å². The Morgan fingerprint density at radius 1 is 1.14 bits per heavy atom. The molecule has 11 heteroatoms. The van der Waals surface area contributed by atoms with E-state index in [0.29, 0.717) is 6.42 Å². The van der Waals surface area contributed by atoms with E-state index >= 15 is 0 Å². The lowest BCUT2D eigenvalue weighted by Crippen LogP contribution is -2.16. The molecule has 1 aromatic heterocycles. The Kier molecular flexibility index (Phi) is 5.36. The van der Waals surface area contributed by atoms with E-state index in [1.165, 1.54) is 18.4 Å². The van der Waals surface area contributed by atoms with Crippen LogP contribution in [0, 0.1) is 20.2 Å². The third kappa shape index (κ3) is 3.56. The molecule has 0 aliphatic heterocycles. The first-order chi connectivity index (χ1) is 13.3. The van der Waals surface area contributed by atoms with Crippen LogP contribution in [0.2, 0.25) is 0 Å². The molecule has 2 aromatic rings. The number of methoxy groups -OCH3 is 1. The summed E-state index contributed by atoms with van der Waals surface area (Å²) in [5, 5.41) is 24.9. The van der Waals surface area contributed by atoms with Crippen LogP contribution in [-0.4, -0.2) is 28.8 Å². The molecule has 146 valence electrons. The Labute approximate surface area is 162 Å². The average Bonchev–Trinajstić information content (AvgIpc) is 3.04. The molecule has 1 aliphatic rings. The highest BCUT2D eigenvalue weighted by Crippen LogP contribution is 2.39. The molecule has 1 aliphatic carbocycles. The number of esters is 1. The lowest BCUT2D eigenvalue weighted by molar-refractivity contribution is -0.394. The van der Waals surface area contributed by atoms with E-state index in [1.807, 2.05) is 0 Å². The van der Waals surface area contributed by atoms with Crippen molar-refractivity contribution in [2.75, 3.05) is 12.4 Å².